The van der Waals surface area contributed by atoms with E-state index in [1.54, 1.807) is 12.2 Å². The van der Waals surface area contributed by atoms with Crippen molar-refractivity contribution in [3.05, 3.63) is 132 Å². The molecule has 5 rings (SSSR count). The molecule has 0 aliphatic carbocycles. The van der Waals surface area contributed by atoms with Gasteiger partial charge in [-0.15, -0.1) is 0 Å². The van der Waals surface area contributed by atoms with Crippen LogP contribution in [0.25, 0.3) is 0 Å². The Bertz CT molecular complexity index is 2170. The molecule has 1 spiro atoms. The number of ketones is 1. The second-order valence-electron chi connectivity index (χ2n) is 26.8. The van der Waals surface area contributed by atoms with Crippen LogP contribution in [0.5, 0.6) is 0 Å². The summed E-state index contributed by atoms with van der Waals surface area (Å²) in [5.41, 5.74) is 3.48. The molecule has 3 aromatic carbocycles. The molecule has 2 aliphatic rings. The van der Waals surface area contributed by atoms with Gasteiger partial charge in [-0.1, -0.05) is 172 Å². The van der Waals surface area contributed by atoms with Gasteiger partial charge in [-0.05, 0) is 160 Å². The topological polar surface area (TPSA) is 102 Å². The van der Waals surface area contributed by atoms with E-state index in [2.05, 4.69) is 132 Å². The van der Waals surface area contributed by atoms with Gasteiger partial charge in [0.1, 0.15) is 0 Å². The highest BCUT2D eigenvalue weighted by Crippen LogP contribution is 2.43. The fourth-order valence-corrected chi connectivity index (χ4v) is 11.9. The van der Waals surface area contributed by atoms with Gasteiger partial charge >= 0.3 is 0 Å². The van der Waals surface area contributed by atoms with Crippen molar-refractivity contribution in [2.75, 3.05) is 26.4 Å². The Kier molecular flexibility index (Phi) is 30.6. The summed E-state index contributed by atoms with van der Waals surface area (Å²) in [6, 6.07) is 30.8. The highest BCUT2D eigenvalue weighted by Gasteiger charge is 2.45. The van der Waals surface area contributed by atoms with E-state index < -0.39 is 16.6 Å². The van der Waals surface area contributed by atoms with Gasteiger partial charge in [0, 0.05) is 45.2 Å². The fraction of sp³-hybridized carbons (Fsp3) is 0.667. The lowest BCUT2D eigenvalue weighted by molar-refractivity contribution is -0.324. The van der Waals surface area contributed by atoms with Gasteiger partial charge in [-0.25, -0.2) is 0 Å². The molecule has 9 atom stereocenters. The first kappa shape index (κ1) is 69.4. The highest BCUT2D eigenvalue weighted by molar-refractivity contribution is 6.74. The lowest BCUT2D eigenvalue weighted by atomic mass is 9.85. The van der Waals surface area contributed by atoms with E-state index in [0.717, 1.165) is 95.0 Å². The van der Waals surface area contributed by atoms with Gasteiger partial charge in [-0.3, -0.25) is 4.79 Å². The van der Waals surface area contributed by atoms with Gasteiger partial charge in [0.25, 0.3) is 0 Å². The Hall–Kier alpha value is -3.08. The van der Waals surface area contributed by atoms with E-state index >= 15 is 0 Å². The number of benzene rings is 3. The highest BCUT2D eigenvalue weighted by atomic mass is 28.4. The van der Waals surface area contributed by atoms with Crippen molar-refractivity contribution >= 4 is 22.4 Å². The van der Waals surface area contributed by atoms with Crippen molar-refractivity contribution < 1.29 is 42.4 Å². The van der Waals surface area contributed by atoms with Crippen LogP contribution in [-0.4, -0.2) is 84.2 Å². The van der Waals surface area contributed by atoms with Crippen molar-refractivity contribution in [3.63, 3.8) is 0 Å². The summed E-state index contributed by atoms with van der Waals surface area (Å²) >= 11 is 0. The molecular formula is C69H112O9Si2. The number of rotatable bonds is 33. The summed E-state index contributed by atoms with van der Waals surface area (Å²) in [6.45, 7) is 36.0. The Balaban J connectivity index is 0.000000401. The van der Waals surface area contributed by atoms with Crippen LogP contribution >= 0.6 is 0 Å². The summed E-state index contributed by atoms with van der Waals surface area (Å²) in [5, 5.41) is 9.75. The third-order valence-corrected chi connectivity index (χ3v) is 26.6. The first-order valence-corrected chi connectivity index (χ1v) is 36.8. The number of allylic oxidation sites excluding steroid dienone is 2. The zero-order valence-electron chi connectivity index (χ0n) is 52.7. The number of aliphatic hydroxyl groups is 1. The molecule has 0 bridgehead atoms. The predicted octanol–water partition coefficient (Wildman–Crippen LogP) is 17.6. The van der Waals surface area contributed by atoms with Crippen molar-refractivity contribution in [1.82, 2.24) is 0 Å². The van der Waals surface area contributed by atoms with Gasteiger partial charge in [0.2, 0.25) is 0 Å². The molecule has 9 nitrogen and oxygen atoms in total. The Morgan fingerprint density at radius 3 is 1.81 bits per heavy atom. The first-order valence-electron chi connectivity index (χ1n) is 31.0. The molecule has 2 heterocycles. The zero-order valence-corrected chi connectivity index (χ0v) is 54.7. The molecule has 0 aromatic heterocycles. The SMILES string of the molecule is CC1CC[C@]2(CCC[C@@H](CC[C@H](C)CO)O2)O[C@@H]1CCCO[Si](C)(C)C(C)(C)C.C[C@@H](CC[C@H](C/C=C/C(=O)/C=C/[C@H](C)[C@@H](CCCO[Si](C)(C)C(C)(C)C)OCc1ccccc1)OCc1ccccc1)COCc1ccccc1. The minimum absolute atomic E-state index is 0.0121. The Morgan fingerprint density at radius 1 is 0.675 bits per heavy atom. The molecule has 0 saturated carbocycles. The fourth-order valence-electron chi connectivity index (χ4n) is 9.74. The molecule has 0 radical (unpaired) electrons. The maximum absolute atomic E-state index is 13.0. The number of ether oxygens (including phenoxy) is 5. The normalized spacial score (nSPS) is 21.3. The maximum Gasteiger partial charge on any atom is 0.191 e. The van der Waals surface area contributed by atoms with Crippen LogP contribution < -0.4 is 0 Å². The molecule has 0 amide bonds. The second-order valence-corrected chi connectivity index (χ2v) is 36.4. The van der Waals surface area contributed by atoms with Crippen LogP contribution in [0.15, 0.2) is 115 Å². The second kappa shape index (κ2) is 35.3. The van der Waals surface area contributed by atoms with E-state index in [9.17, 15) is 9.90 Å². The van der Waals surface area contributed by atoms with Crippen LogP contribution in [0.3, 0.4) is 0 Å². The van der Waals surface area contributed by atoms with Crippen LogP contribution in [0.4, 0.5) is 0 Å². The summed E-state index contributed by atoms with van der Waals surface area (Å²) < 4.78 is 44.8. The predicted molar refractivity (Wildman–Crippen MR) is 337 cm³/mol. The average molecular weight is 1140 g/mol. The summed E-state index contributed by atoms with van der Waals surface area (Å²) in [4.78, 5) is 13.0. The van der Waals surface area contributed by atoms with Gasteiger partial charge in [0.05, 0.1) is 44.2 Å². The third-order valence-electron chi connectivity index (χ3n) is 17.5. The molecule has 80 heavy (non-hydrogen) atoms. The van der Waals surface area contributed by atoms with Gasteiger partial charge in [0.15, 0.2) is 28.2 Å². The third kappa shape index (κ3) is 26.2. The van der Waals surface area contributed by atoms with E-state index in [0.29, 0.717) is 50.6 Å². The molecule has 2 fully saturated rings. The Morgan fingerprint density at radius 2 is 1.24 bits per heavy atom. The average Bonchev–Trinajstić information content (AvgIpc) is 3.43. The molecule has 3 aromatic rings. The molecule has 1 N–H and O–H groups in total. The number of carbonyl (C=O) groups excluding carboxylic acids is 1. The summed E-state index contributed by atoms with van der Waals surface area (Å²) in [6.07, 6.45) is 22.0. The molecule has 2 aliphatic heterocycles. The van der Waals surface area contributed by atoms with E-state index in [1.165, 1.54) is 18.4 Å². The lowest BCUT2D eigenvalue weighted by Crippen LogP contribution is -2.50. The monoisotopic (exact) mass is 1140 g/mol. The zero-order chi connectivity index (χ0) is 58.7. The summed E-state index contributed by atoms with van der Waals surface area (Å²) in [5.74, 6) is 1.05. The molecule has 1 unspecified atom stereocenters. The van der Waals surface area contributed by atoms with Crippen molar-refractivity contribution in [1.29, 1.82) is 0 Å². The lowest BCUT2D eigenvalue weighted by Gasteiger charge is -2.48. The quantitative estimate of drug-likeness (QED) is 0.0363. The van der Waals surface area contributed by atoms with Crippen LogP contribution in [0.1, 0.15) is 176 Å². The minimum Gasteiger partial charge on any atom is -0.417 e. The van der Waals surface area contributed by atoms with Crippen LogP contribution in [0, 0.1) is 23.7 Å². The number of aliphatic hydroxyl groups excluding tert-OH is 1. The van der Waals surface area contributed by atoms with Crippen molar-refractivity contribution in [2.24, 2.45) is 23.7 Å². The smallest absolute Gasteiger partial charge is 0.191 e. The van der Waals surface area contributed by atoms with E-state index in [1.807, 2.05) is 66.7 Å². The van der Waals surface area contributed by atoms with Gasteiger partial charge in [-0.2, -0.15) is 0 Å². The molecule has 450 valence electrons. The first-order chi connectivity index (χ1) is 37.9. The van der Waals surface area contributed by atoms with E-state index in [-0.39, 0.29) is 58.6 Å². The van der Waals surface area contributed by atoms with Crippen LogP contribution in [-0.2, 0) is 57.2 Å². The largest absolute Gasteiger partial charge is 0.417 e. The number of hydrogen-bond donors (Lipinski definition) is 1. The minimum atomic E-state index is -1.80. The number of carbonyl (C=O) groups is 1. The molecule has 11 heteroatoms. The van der Waals surface area contributed by atoms with Crippen molar-refractivity contribution in [2.45, 2.75) is 245 Å². The Labute approximate surface area is 490 Å². The number of hydrogen-bond acceptors (Lipinski definition) is 9. The maximum atomic E-state index is 13.0. The summed E-state index contributed by atoms with van der Waals surface area (Å²) in [7, 11) is -3.46. The standard InChI is InChI=1S/C45H64O5Si.C24H48O4Si/c1-37(33-47-34-39-19-11-8-12-20-39)28-31-43(48-35-40-21-13-9-14-22-40)26-17-25-42(46)30-29-38(2)44(49-36-41-23-15-10-16-24-41)27-18-32-50-51(6,7)45(3,4)5;1-19(18-25)12-13-21-10-8-15-24(27-21)16-14-20(2)22(28-24)11-9-17-26-29(6,7)23(3,4)5/h8-17,19-25,29-30,37-38,43-44H,18,26-28,31-36H2,1-7H3;19-22,25H,8-18H2,1-7H3/b25-17+,30-29+;/t37-,38-,43-,44+;19-,20?,21-,22+,24-/m00/s1. The molecular weight excluding hydrogens is 1030 g/mol. The van der Waals surface area contributed by atoms with Crippen LogP contribution in [0.2, 0.25) is 36.3 Å². The van der Waals surface area contributed by atoms with E-state index in [4.69, 9.17) is 32.5 Å². The van der Waals surface area contributed by atoms with Gasteiger partial charge < -0.3 is 37.6 Å². The van der Waals surface area contributed by atoms with Crippen molar-refractivity contribution in [3.8, 4) is 0 Å². The molecule has 2 saturated heterocycles.